The molecule has 1 saturated heterocycles. The molecule has 2 N–H and O–H groups in total. The predicted molar refractivity (Wildman–Crippen MR) is 57.6 cm³/mol. The van der Waals surface area contributed by atoms with E-state index in [1.54, 1.807) is 11.1 Å². The number of nitrogens with zero attached hydrogens (tertiary/aromatic N) is 3. The van der Waals surface area contributed by atoms with Gasteiger partial charge in [0.05, 0.1) is 11.9 Å². The summed E-state index contributed by atoms with van der Waals surface area (Å²) < 4.78 is 1.84. The second kappa shape index (κ2) is 3.66. The molecule has 1 aliphatic heterocycles. The molecule has 1 fully saturated rings. The second-order valence-electron chi connectivity index (χ2n) is 4.24. The summed E-state index contributed by atoms with van der Waals surface area (Å²) in [5.74, 6) is 0.0887. The highest BCUT2D eigenvalue weighted by molar-refractivity contribution is 5.95. The van der Waals surface area contributed by atoms with Crippen LogP contribution in [0.15, 0.2) is 12.4 Å². The quantitative estimate of drug-likeness (QED) is 0.771. The maximum absolute atomic E-state index is 11.6. The molecule has 5 heteroatoms. The lowest BCUT2D eigenvalue weighted by Gasteiger charge is -2.12. The van der Waals surface area contributed by atoms with Crippen LogP contribution < -0.4 is 10.6 Å². The van der Waals surface area contributed by atoms with E-state index in [4.69, 9.17) is 5.73 Å². The summed E-state index contributed by atoms with van der Waals surface area (Å²) in [7, 11) is 0. The molecule has 2 heterocycles. The summed E-state index contributed by atoms with van der Waals surface area (Å²) in [4.78, 5) is 13.3. The lowest BCUT2D eigenvalue weighted by Crippen LogP contribution is -2.27. The van der Waals surface area contributed by atoms with Crippen molar-refractivity contribution in [2.24, 2.45) is 5.73 Å². The Morgan fingerprint density at radius 2 is 2.33 bits per heavy atom. The van der Waals surface area contributed by atoms with E-state index >= 15 is 0 Å². The smallest absolute Gasteiger partial charge is 0.228 e. The van der Waals surface area contributed by atoms with E-state index in [-0.39, 0.29) is 11.9 Å². The third kappa shape index (κ3) is 1.87. The fourth-order valence-electron chi connectivity index (χ4n) is 1.73. The van der Waals surface area contributed by atoms with Crippen molar-refractivity contribution in [1.82, 2.24) is 9.78 Å². The van der Waals surface area contributed by atoms with E-state index in [0.717, 1.165) is 5.69 Å². The fraction of sp³-hybridized carbons (Fsp3) is 0.600. The summed E-state index contributed by atoms with van der Waals surface area (Å²) in [6, 6.07) is 0.269. The van der Waals surface area contributed by atoms with E-state index in [0.29, 0.717) is 19.0 Å². The zero-order chi connectivity index (χ0) is 11.0. The Balaban J connectivity index is 2.19. The van der Waals surface area contributed by atoms with Crippen LogP contribution in [-0.2, 0) is 4.79 Å². The number of nitrogens with two attached hydrogens (primary N) is 1. The van der Waals surface area contributed by atoms with Gasteiger partial charge in [-0.05, 0) is 13.8 Å². The van der Waals surface area contributed by atoms with Crippen molar-refractivity contribution in [2.45, 2.75) is 32.4 Å². The molecule has 5 nitrogen and oxygen atoms in total. The molecule has 0 bridgehead atoms. The number of carbonyl (C=O) groups excluding carboxylic acids is 1. The maximum Gasteiger partial charge on any atom is 0.228 e. The molecule has 1 atom stereocenters. The topological polar surface area (TPSA) is 64.2 Å². The van der Waals surface area contributed by atoms with Gasteiger partial charge in [0.1, 0.15) is 0 Å². The minimum atomic E-state index is -0.0418. The summed E-state index contributed by atoms with van der Waals surface area (Å²) in [5.41, 5.74) is 6.58. The Kier molecular flexibility index (Phi) is 2.48. The van der Waals surface area contributed by atoms with Gasteiger partial charge < -0.3 is 10.6 Å². The molecular weight excluding hydrogens is 192 g/mol. The summed E-state index contributed by atoms with van der Waals surface area (Å²) in [6.07, 6.45) is 4.05. The second-order valence-corrected chi connectivity index (χ2v) is 4.24. The fourth-order valence-corrected chi connectivity index (χ4v) is 1.73. The van der Waals surface area contributed by atoms with Gasteiger partial charge in [0.2, 0.25) is 5.91 Å². The van der Waals surface area contributed by atoms with Crippen LogP contribution in [0, 0.1) is 0 Å². The molecule has 1 aliphatic rings. The number of anilines is 1. The van der Waals surface area contributed by atoms with Crippen molar-refractivity contribution < 1.29 is 4.79 Å². The van der Waals surface area contributed by atoms with Crippen LogP contribution in [0.25, 0.3) is 0 Å². The molecule has 1 aromatic rings. The number of rotatable bonds is 2. The van der Waals surface area contributed by atoms with E-state index in [1.165, 1.54) is 0 Å². The molecule has 1 amide bonds. The zero-order valence-corrected chi connectivity index (χ0v) is 9.05. The first-order valence-corrected chi connectivity index (χ1v) is 5.18. The van der Waals surface area contributed by atoms with Crippen molar-refractivity contribution >= 4 is 11.6 Å². The van der Waals surface area contributed by atoms with Crippen LogP contribution in [0.4, 0.5) is 5.69 Å². The first kappa shape index (κ1) is 10.2. The van der Waals surface area contributed by atoms with Crippen LogP contribution in [0.5, 0.6) is 0 Å². The van der Waals surface area contributed by atoms with Gasteiger partial charge in [-0.1, -0.05) is 0 Å². The molecule has 0 spiro atoms. The normalized spacial score (nSPS) is 21.7. The number of amides is 1. The van der Waals surface area contributed by atoms with Crippen molar-refractivity contribution in [3.63, 3.8) is 0 Å². The lowest BCUT2D eigenvalue weighted by atomic mass is 10.3. The number of hydrogen-bond donors (Lipinski definition) is 1. The summed E-state index contributed by atoms with van der Waals surface area (Å²) >= 11 is 0. The van der Waals surface area contributed by atoms with Crippen molar-refractivity contribution in [2.75, 3.05) is 11.4 Å². The molecule has 1 unspecified atom stereocenters. The zero-order valence-electron chi connectivity index (χ0n) is 9.05. The largest absolute Gasteiger partial charge is 0.326 e. The third-order valence-electron chi connectivity index (χ3n) is 2.58. The summed E-state index contributed by atoms with van der Waals surface area (Å²) in [6.45, 7) is 4.70. The van der Waals surface area contributed by atoms with Crippen LogP contribution in [0.3, 0.4) is 0 Å². The monoisotopic (exact) mass is 208 g/mol. The molecule has 0 radical (unpaired) electrons. The van der Waals surface area contributed by atoms with E-state index in [2.05, 4.69) is 5.10 Å². The molecule has 0 aromatic carbocycles. The van der Waals surface area contributed by atoms with Crippen LogP contribution in [-0.4, -0.2) is 28.3 Å². The van der Waals surface area contributed by atoms with Gasteiger partial charge in [-0.15, -0.1) is 0 Å². The summed E-state index contributed by atoms with van der Waals surface area (Å²) in [5, 5.41) is 4.20. The average molecular weight is 208 g/mol. The third-order valence-corrected chi connectivity index (χ3v) is 2.58. The number of aromatic nitrogens is 2. The first-order chi connectivity index (χ1) is 7.08. The van der Waals surface area contributed by atoms with Crippen molar-refractivity contribution in [3.05, 3.63) is 12.4 Å². The van der Waals surface area contributed by atoms with Crippen molar-refractivity contribution in [3.8, 4) is 0 Å². The van der Waals surface area contributed by atoms with Gasteiger partial charge in [0.15, 0.2) is 0 Å². The highest BCUT2D eigenvalue weighted by Crippen LogP contribution is 2.21. The standard InChI is InChI=1S/C10H16N4O/c1-7(2)14-6-9(4-12-14)13-5-8(11)3-10(13)15/h4,6-8H,3,5,11H2,1-2H3. The van der Waals surface area contributed by atoms with Crippen LogP contribution >= 0.6 is 0 Å². The van der Waals surface area contributed by atoms with Gasteiger partial charge in [-0.3, -0.25) is 9.48 Å². The molecule has 15 heavy (non-hydrogen) atoms. The molecule has 1 aromatic heterocycles. The maximum atomic E-state index is 11.6. The predicted octanol–water partition coefficient (Wildman–Crippen LogP) is 0.528. The van der Waals surface area contributed by atoms with Gasteiger partial charge in [-0.25, -0.2) is 0 Å². The van der Waals surface area contributed by atoms with Crippen molar-refractivity contribution in [1.29, 1.82) is 0 Å². The van der Waals surface area contributed by atoms with Gasteiger partial charge in [-0.2, -0.15) is 5.10 Å². The first-order valence-electron chi connectivity index (χ1n) is 5.18. The van der Waals surface area contributed by atoms with Crippen LogP contribution in [0.2, 0.25) is 0 Å². The Hall–Kier alpha value is -1.36. The molecule has 0 aliphatic carbocycles. The molecule has 0 saturated carbocycles. The van der Waals surface area contributed by atoms with E-state index < -0.39 is 0 Å². The number of hydrogen-bond acceptors (Lipinski definition) is 3. The highest BCUT2D eigenvalue weighted by Gasteiger charge is 2.28. The molecular formula is C10H16N4O. The Morgan fingerprint density at radius 1 is 1.60 bits per heavy atom. The Labute approximate surface area is 88.8 Å². The Morgan fingerprint density at radius 3 is 2.80 bits per heavy atom. The SMILES string of the molecule is CC(C)n1cc(N2CC(N)CC2=O)cn1. The van der Waals surface area contributed by atoms with Gasteiger partial charge in [0, 0.05) is 31.2 Å². The van der Waals surface area contributed by atoms with Gasteiger partial charge in [0.25, 0.3) is 0 Å². The van der Waals surface area contributed by atoms with Crippen LogP contribution in [0.1, 0.15) is 26.3 Å². The highest BCUT2D eigenvalue weighted by atomic mass is 16.2. The van der Waals surface area contributed by atoms with Gasteiger partial charge >= 0.3 is 0 Å². The number of carbonyl (C=O) groups is 1. The minimum absolute atomic E-state index is 0.0418. The average Bonchev–Trinajstić information content (AvgIpc) is 2.71. The van der Waals surface area contributed by atoms with E-state index in [1.807, 2.05) is 24.7 Å². The molecule has 2 rings (SSSR count). The lowest BCUT2D eigenvalue weighted by molar-refractivity contribution is -0.117. The Bertz CT molecular complexity index is 371. The molecule has 82 valence electrons. The van der Waals surface area contributed by atoms with E-state index in [9.17, 15) is 4.79 Å². The minimum Gasteiger partial charge on any atom is -0.326 e.